The molecule has 0 aromatic heterocycles. The van der Waals surface area contributed by atoms with Gasteiger partial charge in [0.05, 0.1) is 0 Å². The average Bonchev–Trinajstić information content (AvgIpc) is 2.57. The van der Waals surface area contributed by atoms with Gasteiger partial charge in [0.25, 0.3) is 0 Å². The fourth-order valence-electron chi connectivity index (χ4n) is 2.78. The smallest absolute Gasteiger partial charge is 0.0366 e. The van der Waals surface area contributed by atoms with E-state index in [1.165, 1.54) is 16.8 Å². The Kier molecular flexibility index (Phi) is 6.47. The molecule has 0 N–H and O–H groups in total. The van der Waals surface area contributed by atoms with Gasteiger partial charge in [0.15, 0.2) is 0 Å². The van der Waals surface area contributed by atoms with Crippen LogP contribution in [0.4, 0.5) is 5.69 Å². The molecule has 2 aromatic rings. The predicted molar refractivity (Wildman–Crippen MR) is 96.2 cm³/mol. The third kappa shape index (κ3) is 4.60. The maximum Gasteiger partial charge on any atom is 0.0366 e. The van der Waals surface area contributed by atoms with E-state index in [0.29, 0.717) is 0 Å². The highest BCUT2D eigenvalue weighted by Gasteiger charge is 2.06. The first-order valence-electron chi connectivity index (χ1n) is 8.37. The SMILES string of the molecule is CCN(Cc1ccccc1)Cc1ccc(N(CC)CC)cc1. The van der Waals surface area contributed by atoms with Crippen molar-refractivity contribution in [1.29, 1.82) is 0 Å². The van der Waals surface area contributed by atoms with Crippen LogP contribution in [0.5, 0.6) is 0 Å². The summed E-state index contributed by atoms with van der Waals surface area (Å²) in [6, 6.07) is 19.7. The fourth-order valence-corrected chi connectivity index (χ4v) is 2.78. The standard InChI is InChI=1S/C20H28N2/c1-4-21(16-18-10-8-7-9-11-18)17-19-12-14-20(15-13-19)22(5-2)6-3/h7-15H,4-6,16-17H2,1-3H3. The summed E-state index contributed by atoms with van der Waals surface area (Å²) in [4.78, 5) is 4.85. The molecule has 0 aliphatic carbocycles. The molecule has 0 saturated carbocycles. The van der Waals surface area contributed by atoms with Gasteiger partial charge in [-0.2, -0.15) is 0 Å². The Morgan fingerprint density at radius 2 is 1.18 bits per heavy atom. The molecule has 2 nitrogen and oxygen atoms in total. The lowest BCUT2D eigenvalue weighted by molar-refractivity contribution is 0.271. The van der Waals surface area contributed by atoms with Crippen LogP contribution in [0, 0.1) is 0 Å². The third-order valence-corrected chi connectivity index (χ3v) is 4.17. The van der Waals surface area contributed by atoms with Gasteiger partial charge in [-0.05, 0) is 43.7 Å². The van der Waals surface area contributed by atoms with Crippen molar-refractivity contribution in [3.05, 3.63) is 65.7 Å². The van der Waals surface area contributed by atoms with E-state index in [0.717, 1.165) is 32.7 Å². The summed E-state index contributed by atoms with van der Waals surface area (Å²) in [5.74, 6) is 0. The lowest BCUT2D eigenvalue weighted by atomic mass is 10.1. The van der Waals surface area contributed by atoms with Gasteiger partial charge in [0, 0.05) is 31.9 Å². The van der Waals surface area contributed by atoms with Crippen molar-refractivity contribution in [1.82, 2.24) is 4.90 Å². The Hall–Kier alpha value is -1.80. The minimum absolute atomic E-state index is 1.00. The minimum Gasteiger partial charge on any atom is -0.372 e. The zero-order valence-corrected chi connectivity index (χ0v) is 14.1. The summed E-state index contributed by atoms with van der Waals surface area (Å²) in [6.07, 6.45) is 0. The van der Waals surface area contributed by atoms with Crippen LogP contribution < -0.4 is 4.90 Å². The van der Waals surface area contributed by atoms with E-state index in [1.54, 1.807) is 0 Å². The maximum atomic E-state index is 2.47. The van der Waals surface area contributed by atoms with Gasteiger partial charge >= 0.3 is 0 Å². The van der Waals surface area contributed by atoms with Crippen LogP contribution in [-0.4, -0.2) is 24.5 Å². The molecule has 0 aliphatic rings. The van der Waals surface area contributed by atoms with Gasteiger partial charge in [-0.1, -0.05) is 49.4 Å². The summed E-state index contributed by atoms with van der Waals surface area (Å²) in [6.45, 7) is 11.8. The Labute approximate surface area is 135 Å². The third-order valence-electron chi connectivity index (χ3n) is 4.17. The van der Waals surface area contributed by atoms with Crippen LogP contribution >= 0.6 is 0 Å². The molecular formula is C20H28N2. The zero-order chi connectivity index (χ0) is 15.8. The van der Waals surface area contributed by atoms with E-state index in [1.807, 2.05) is 0 Å². The topological polar surface area (TPSA) is 6.48 Å². The van der Waals surface area contributed by atoms with Crippen molar-refractivity contribution in [2.45, 2.75) is 33.9 Å². The molecule has 0 unspecified atom stereocenters. The summed E-state index contributed by atoms with van der Waals surface area (Å²) >= 11 is 0. The molecular weight excluding hydrogens is 268 g/mol. The first-order valence-corrected chi connectivity index (χ1v) is 8.37. The molecule has 2 heteroatoms. The first kappa shape index (κ1) is 16.6. The Morgan fingerprint density at radius 3 is 1.68 bits per heavy atom. The lowest BCUT2D eigenvalue weighted by Gasteiger charge is -2.23. The molecule has 22 heavy (non-hydrogen) atoms. The summed E-state index contributed by atoms with van der Waals surface area (Å²) in [7, 11) is 0. The van der Waals surface area contributed by atoms with Crippen molar-refractivity contribution in [2.75, 3.05) is 24.5 Å². The first-order chi connectivity index (χ1) is 10.8. The van der Waals surface area contributed by atoms with E-state index in [2.05, 4.69) is 85.2 Å². The molecule has 0 fully saturated rings. The Balaban J connectivity index is 1.99. The van der Waals surface area contributed by atoms with Crippen molar-refractivity contribution in [2.24, 2.45) is 0 Å². The molecule has 0 heterocycles. The van der Waals surface area contributed by atoms with Crippen LogP contribution in [0.1, 0.15) is 31.9 Å². The van der Waals surface area contributed by atoms with Crippen LogP contribution in [0.2, 0.25) is 0 Å². The fraction of sp³-hybridized carbons (Fsp3) is 0.400. The van der Waals surface area contributed by atoms with Crippen LogP contribution in [0.3, 0.4) is 0 Å². The van der Waals surface area contributed by atoms with Crippen molar-refractivity contribution in [3.63, 3.8) is 0 Å². The van der Waals surface area contributed by atoms with Crippen molar-refractivity contribution in [3.8, 4) is 0 Å². The van der Waals surface area contributed by atoms with Crippen molar-refractivity contribution >= 4 is 5.69 Å². The highest BCUT2D eigenvalue weighted by Crippen LogP contribution is 2.16. The maximum absolute atomic E-state index is 2.47. The number of anilines is 1. The average molecular weight is 296 g/mol. The lowest BCUT2D eigenvalue weighted by Crippen LogP contribution is -2.23. The molecule has 0 atom stereocenters. The highest BCUT2D eigenvalue weighted by atomic mass is 15.1. The zero-order valence-electron chi connectivity index (χ0n) is 14.1. The van der Waals surface area contributed by atoms with Gasteiger partial charge in [-0.15, -0.1) is 0 Å². The molecule has 0 aliphatic heterocycles. The second-order valence-electron chi connectivity index (χ2n) is 5.63. The summed E-state index contributed by atoms with van der Waals surface area (Å²) < 4.78 is 0. The monoisotopic (exact) mass is 296 g/mol. The molecule has 0 spiro atoms. The van der Waals surface area contributed by atoms with E-state index in [4.69, 9.17) is 0 Å². The van der Waals surface area contributed by atoms with Crippen molar-refractivity contribution < 1.29 is 0 Å². The predicted octanol–water partition coefficient (Wildman–Crippen LogP) is 4.55. The Morgan fingerprint density at radius 1 is 0.636 bits per heavy atom. The molecule has 2 aromatic carbocycles. The van der Waals surface area contributed by atoms with Gasteiger partial charge in [0.2, 0.25) is 0 Å². The normalized spacial score (nSPS) is 10.9. The van der Waals surface area contributed by atoms with E-state index in [-0.39, 0.29) is 0 Å². The van der Waals surface area contributed by atoms with E-state index >= 15 is 0 Å². The minimum atomic E-state index is 1.00. The summed E-state index contributed by atoms with van der Waals surface area (Å²) in [5.41, 5.74) is 4.08. The number of nitrogens with zero attached hydrogens (tertiary/aromatic N) is 2. The Bertz CT molecular complexity index is 529. The molecule has 118 valence electrons. The van der Waals surface area contributed by atoms with Crippen LogP contribution in [0.15, 0.2) is 54.6 Å². The molecule has 0 saturated heterocycles. The second-order valence-corrected chi connectivity index (χ2v) is 5.63. The number of hydrogen-bond donors (Lipinski definition) is 0. The molecule has 0 bridgehead atoms. The molecule has 0 amide bonds. The quantitative estimate of drug-likeness (QED) is 0.705. The number of hydrogen-bond acceptors (Lipinski definition) is 2. The molecule has 0 radical (unpaired) electrons. The van der Waals surface area contributed by atoms with Gasteiger partial charge in [0.1, 0.15) is 0 Å². The van der Waals surface area contributed by atoms with E-state index < -0.39 is 0 Å². The van der Waals surface area contributed by atoms with Crippen LogP contribution in [0.25, 0.3) is 0 Å². The molecule has 2 rings (SSSR count). The van der Waals surface area contributed by atoms with Gasteiger partial charge < -0.3 is 4.90 Å². The number of benzene rings is 2. The summed E-state index contributed by atoms with van der Waals surface area (Å²) in [5, 5.41) is 0. The highest BCUT2D eigenvalue weighted by molar-refractivity contribution is 5.47. The largest absolute Gasteiger partial charge is 0.372 e. The van der Waals surface area contributed by atoms with Gasteiger partial charge in [-0.25, -0.2) is 0 Å². The van der Waals surface area contributed by atoms with Gasteiger partial charge in [-0.3, -0.25) is 4.90 Å². The second kappa shape index (κ2) is 8.60. The van der Waals surface area contributed by atoms with E-state index in [9.17, 15) is 0 Å². The van der Waals surface area contributed by atoms with Crippen LogP contribution in [-0.2, 0) is 13.1 Å². The number of rotatable bonds is 8.